The topological polar surface area (TPSA) is 75.3 Å². The van der Waals surface area contributed by atoms with Gasteiger partial charge in [0.1, 0.15) is 5.75 Å². The van der Waals surface area contributed by atoms with Crippen LogP contribution in [-0.4, -0.2) is 14.9 Å². The molecule has 1 rings (SSSR count). The molecule has 94 valence electrons. The lowest BCUT2D eigenvalue weighted by atomic mass is 10.0. The van der Waals surface area contributed by atoms with Crippen molar-refractivity contribution in [2.45, 2.75) is 23.7 Å². The van der Waals surface area contributed by atoms with Crippen LogP contribution in [-0.2, 0) is 11.2 Å². The Balaban J connectivity index is 2.46. The van der Waals surface area contributed by atoms with Gasteiger partial charge in [0.25, 0.3) is 0 Å². The van der Waals surface area contributed by atoms with E-state index in [4.69, 9.17) is 5.84 Å². The Bertz CT molecular complexity index is 367. The van der Waals surface area contributed by atoms with Crippen LogP contribution in [0.2, 0.25) is 0 Å². The van der Waals surface area contributed by atoms with E-state index < -0.39 is 0 Å². The highest BCUT2D eigenvalue weighted by atomic mass is 127. The van der Waals surface area contributed by atoms with E-state index in [1.54, 1.807) is 12.1 Å². The van der Waals surface area contributed by atoms with Gasteiger partial charge in [-0.05, 0) is 30.5 Å². The number of aromatic hydroxyl groups is 1. The lowest BCUT2D eigenvalue weighted by molar-refractivity contribution is -0.124. The van der Waals surface area contributed by atoms with E-state index in [0.29, 0.717) is 3.92 Å². The first-order valence-corrected chi connectivity index (χ1v) is 6.70. The minimum absolute atomic E-state index is 0.0842. The van der Waals surface area contributed by atoms with Crippen LogP contribution >= 0.6 is 22.6 Å². The Kier molecular flexibility index (Phi) is 5.70. The van der Waals surface area contributed by atoms with Gasteiger partial charge in [-0.3, -0.25) is 10.2 Å². The highest BCUT2D eigenvalue weighted by Crippen LogP contribution is 2.20. The molecular weight excluding hydrogens is 331 g/mol. The van der Waals surface area contributed by atoms with Crippen molar-refractivity contribution in [2.75, 3.05) is 0 Å². The van der Waals surface area contributed by atoms with Gasteiger partial charge < -0.3 is 5.11 Å². The minimum Gasteiger partial charge on any atom is -0.508 e. The molecule has 4 nitrogen and oxygen atoms in total. The fraction of sp³-hybridized carbons (Fsp3) is 0.417. The predicted molar refractivity (Wildman–Crippen MR) is 75.7 cm³/mol. The van der Waals surface area contributed by atoms with Crippen LogP contribution in [0.25, 0.3) is 0 Å². The summed E-state index contributed by atoms with van der Waals surface area (Å²) in [6.07, 6.45) is 1.66. The summed E-state index contributed by atoms with van der Waals surface area (Å²) in [5.41, 5.74) is 3.32. The third-order valence-electron chi connectivity index (χ3n) is 2.59. The molecule has 1 aromatic rings. The summed E-state index contributed by atoms with van der Waals surface area (Å²) in [6.45, 7) is 1.87. The van der Waals surface area contributed by atoms with Crippen LogP contribution in [0.4, 0.5) is 0 Å². The molecule has 0 heterocycles. The number of carbonyl (C=O) groups is 1. The molecule has 0 spiro atoms. The van der Waals surface area contributed by atoms with Gasteiger partial charge in [-0.25, -0.2) is 5.84 Å². The van der Waals surface area contributed by atoms with Gasteiger partial charge in [-0.15, -0.1) is 0 Å². The van der Waals surface area contributed by atoms with Gasteiger partial charge in [-0.2, -0.15) is 0 Å². The number of alkyl halides is 1. The molecule has 0 bridgehead atoms. The van der Waals surface area contributed by atoms with E-state index in [2.05, 4.69) is 28.0 Å². The molecule has 17 heavy (non-hydrogen) atoms. The maximum atomic E-state index is 11.3. The SMILES string of the molecule is C[C@@H](C[C@@H](I)Cc1ccc(O)cc1)C(=O)NN. The minimum atomic E-state index is -0.127. The largest absolute Gasteiger partial charge is 0.508 e. The molecule has 4 N–H and O–H groups in total. The summed E-state index contributed by atoms with van der Waals surface area (Å²) >= 11 is 2.34. The molecule has 0 aliphatic rings. The van der Waals surface area contributed by atoms with Crippen molar-refractivity contribution in [1.29, 1.82) is 0 Å². The molecule has 0 unspecified atom stereocenters. The first-order valence-electron chi connectivity index (χ1n) is 5.45. The summed E-state index contributed by atoms with van der Waals surface area (Å²) in [7, 11) is 0. The highest BCUT2D eigenvalue weighted by molar-refractivity contribution is 14.1. The standard InChI is InChI=1S/C12H17IN2O2/c1-8(12(17)15-14)6-10(13)7-9-2-4-11(16)5-3-9/h2-5,8,10,16H,6-7,14H2,1H3,(H,15,17)/t8-,10+/m0/s1. The molecule has 0 saturated carbocycles. The molecule has 0 aliphatic heterocycles. The maximum absolute atomic E-state index is 11.3. The van der Waals surface area contributed by atoms with E-state index in [1.807, 2.05) is 19.1 Å². The second-order valence-corrected chi connectivity index (χ2v) is 5.87. The average Bonchev–Trinajstić information content (AvgIpc) is 2.30. The zero-order valence-corrected chi connectivity index (χ0v) is 11.8. The molecular formula is C12H17IN2O2. The molecule has 0 saturated heterocycles. The Morgan fingerprint density at radius 1 is 1.47 bits per heavy atom. The number of nitrogens with two attached hydrogens (primary N) is 1. The zero-order valence-electron chi connectivity index (χ0n) is 9.69. The van der Waals surface area contributed by atoms with E-state index in [1.165, 1.54) is 0 Å². The number of carbonyl (C=O) groups excluding carboxylic acids is 1. The van der Waals surface area contributed by atoms with Crippen molar-refractivity contribution < 1.29 is 9.90 Å². The number of hydrazine groups is 1. The molecule has 1 amide bonds. The van der Waals surface area contributed by atoms with E-state index >= 15 is 0 Å². The molecule has 0 aliphatic carbocycles. The number of rotatable bonds is 5. The Labute approximate surface area is 115 Å². The van der Waals surface area contributed by atoms with Crippen molar-refractivity contribution >= 4 is 28.5 Å². The number of benzene rings is 1. The van der Waals surface area contributed by atoms with Crippen LogP contribution in [0.5, 0.6) is 5.75 Å². The number of hydrogen-bond acceptors (Lipinski definition) is 3. The first-order chi connectivity index (χ1) is 8.02. The van der Waals surface area contributed by atoms with Crippen molar-refractivity contribution in [2.24, 2.45) is 11.8 Å². The maximum Gasteiger partial charge on any atom is 0.236 e. The normalized spacial score (nSPS) is 14.1. The molecule has 0 fully saturated rings. The van der Waals surface area contributed by atoms with Gasteiger partial charge >= 0.3 is 0 Å². The quantitative estimate of drug-likeness (QED) is 0.250. The lowest BCUT2D eigenvalue weighted by Crippen LogP contribution is -2.35. The molecule has 0 radical (unpaired) electrons. The summed E-state index contributed by atoms with van der Waals surface area (Å²) in [6, 6.07) is 7.15. The summed E-state index contributed by atoms with van der Waals surface area (Å²) < 4.78 is 0.365. The molecule has 1 aromatic carbocycles. The Morgan fingerprint density at radius 3 is 2.59 bits per heavy atom. The second kappa shape index (κ2) is 6.80. The lowest BCUT2D eigenvalue weighted by Gasteiger charge is -2.14. The van der Waals surface area contributed by atoms with Crippen molar-refractivity contribution in [1.82, 2.24) is 5.43 Å². The number of phenolic OH excluding ortho intramolecular Hbond substituents is 1. The van der Waals surface area contributed by atoms with Crippen molar-refractivity contribution in [3.05, 3.63) is 29.8 Å². The smallest absolute Gasteiger partial charge is 0.236 e. The zero-order chi connectivity index (χ0) is 12.8. The van der Waals surface area contributed by atoms with Crippen molar-refractivity contribution in [3.8, 4) is 5.75 Å². The number of halogens is 1. The number of nitrogens with one attached hydrogen (secondary N) is 1. The van der Waals surface area contributed by atoms with Crippen LogP contribution < -0.4 is 11.3 Å². The Morgan fingerprint density at radius 2 is 2.06 bits per heavy atom. The van der Waals surface area contributed by atoms with Gasteiger partial charge in [0.2, 0.25) is 5.91 Å². The van der Waals surface area contributed by atoms with Gasteiger partial charge in [0.15, 0.2) is 0 Å². The molecule has 0 aromatic heterocycles. The Hall–Kier alpha value is -0.820. The van der Waals surface area contributed by atoms with Gasteiger partial charge in [0, 0.05) is 9.84 Å². The van der Waals surface area contributed by atoms with Gasteiger partial charge in [-0.1, -0.05) is 41.6 Å². The summed E-state index contributed by atoms with van der Waals surface area (Å²) in [4.78, 5) is 11.3. The molecule has 5 heteroatoms. The van der Waals surface area contributed by atoms with E-state index in [9.17, 15) is 9.90 Å². The van der Waals surface area contributed by atoms with Gasteiger partial charge in [0.05, 0.1) is 0 Å². The van der Waals surface area contributed by atoms with Crippen LogP contribution in [0, 0.1) is 5.92 Å². The van der Waals surface area contributed by atoms with E-state index in [0.717, 1.165) is 18.4 Å². The highest BCUT2D eigenvalue weighted by Gasteiger charge is 2.16. The number of hydrogen-bond donors (Lipinski definition) is 3. The van der Waals surface area contributed by atoms with Crippen LogP contribution in [0.3, 0.4) is 0 Å². The first kappa shape index (κ1) is 14.2. The number of amides is 1. The third-order valence-corrected chi connectivity index (χ3v) is 3.54. The molecule has 2 atom stereocenters. The average molecular weight is 348 g/mol. The predicted octanol–water partition coefficient (Wildman–Crippen LogP) is 1.75. The van der Waals surface area contributed by atoms with Crippen LogP contribution in [0.15, 0.2) is 24.3 Å². The fourth-order valence-electron chi connectivity index (χ4n) is 1.60. The van der Waals surface area contributed by atoms with E-state index in [-0.39, 0.29) is 17.6 Å². The number of phenols is 1. The third kappa shape index (κ3) is 4.91. The van der Waals surface area contributed by atoms with Crippen LogP contribution in [0.1, 0.15) is 18.9 Å². The summed E-state index contributed by atoms with van der Waals surface area (Å²) in [5.74, 6) is 5.15. The summed E-state index contributed by atoms with van der Waals surface area (Å²) in [5, 5.41) is 9.17. The monoisotopic (exact) mass is 348 g/mol. The second-order valence-electron chi connectivity index (χ2n) is 4.11. The van der Waals surface area contributed by atoms with Crippen molar-refractivity contribution in [3.63, 3.8) is 0 Å². The fourth-order valence-corrected chi connectivity index (χ4v) is 2.88.